The lowest BCUT2D eigenvalue weighted by molar-refractivity contribution is -0.119. The lowest BCUT2D eigenvalue weighted by Crippen LogP contribution is -2.30. The van der Waals surface area contributed by atoms with Gasteiger partial charge in [-0.05, 0) is 12.8 Å². The van der Waals surface area contributed by atoms with Gasteiger partial charge in [-0.3, -0.25) is 10.1 Å². The van der Waals surface area contributed by atoms with E-state index < -0.39 is 0 Å². The van der Waals surface area contributed by atoms with Crippen molar-refractivity contribution in [3.05, 3.63) is 0 Å². The van der Waals surface area contributed by atoms with E-state index in [-0.39, 0.29) is 18.0 Å². The van der Waals surface area contributed by atoms with Crippen LogP contribution in [0.3, 0.4) is 0 Å². The highest BCUT2D eigenvalue weighted by molar-refractivity contribution is 7.37. The van der Waals surface area contributed by atoms with E-state index in [4.69, 9.17) is 0 Å². The van der Waals surface area contributed by atoms with Crippen LogP contribution in [0.1, 0.15) is 0 Å². The topological polar surface area (TPSA) is 58.2 Å². The van der Waals surface area contributed by atoms with Crippen molar-refractivity contribution in [3.63, 3.8) is 0 Å². The van der Waals surface area contributed by atoms with Gasteiger partial charge in [0.1, 0.15) is 6.04 Å². The summed E-state index contributed by atoms with van der Waals surface area (Å²) < 4.78 is 0. The van der Waals surface area contributed by atoms with E-state index in [1.54, 1.807) is 0 Å². The molecule has 5 heteroatoms. The summed E-state index contributed by atoms with van der Waals surface area (Å²) in [6, 6.07) is -0.649. The van der Waals surface area contributed by atoms with E-state index in [0.29, 0.717) is 8.58 Å². The van der Waals surface area contributed by atoms with Gasteiger partial charge < -0.3 is 5.32 Å². The molecular weight excluding hydrogens is 151 g/mol. The Morgan fingerprint density at radius 1 is 1.60 bits per heavy atom. The zero-order valence-corrected chi connectivity index (χ0v) is 6.60. The molecule has 2 atom stereocenters. The van der Waals surface area contributed by atoms with E-state index in [1.165, 1.54) is 0 Å². The third-order valence-electron chi connectivity index (χ3n) is 1.27. The van der Waals surface area contributed by atoms with Gasteiger partial charge in [-0.15, -0.1) is 8.58 Å². The van der Waals surface area contributed by atoms with E-state index >= 15 is 0 Å². The minimum Gasteiger partial charge on any atom is -0.326 e. The highest BCUT2D eigenvalue weighted by atomic mass is 31.1. The van der Waals surface area contributed by atoms with Gasteiger partial charge in [-0.1, -0.05) is 0 Å². The molecule has 1 rings (SSSR count). The molecule has 10 heavy (non-hydrogen) atoms. The summed E-state index contributed by atoms with van der Waals surface area (Å²) in [5.41, 5.74) is 0. The molecule has 56 valence electrons. The number of imide groups is 1. The highest BCUT2D eigenvalue weighted by Crippen LogP contribution is 2.06. The number of nitrogens with one attached hydrogen (secondary N) is 2. The van der Waals surface area contributed by atoms with Crippen LogP contribution in [0.15, 0.2) is 0 Å². The standard InChI is InChI=1S/C5H9N2O2P/c1-10-2-3-4(8)7-5(9)6-3/h3,10H,2H2,1H3,(H2,6,7,8,9). The molecule has 0 aliphatic carbocycles. The van der Waals surface area contributed by atoms with Crippen LogP contribution < -0.4 is 10.6 Å². The molecule has 1 fully saturated rings. The number of carbonyl (C=O) groups is 2. The molecule has 2 N–H and O–H groups in total. The summed E-state index contributed by atoms with van der Waals surface area (Å²) in [6.45, 7) is 2.00. The smallest absolute Gasteiger partial charge is 0.322 e. The van der Waals surface area contributed by atoms with Crippen LogP contribution in [-0.4, -0.2) is 30.8 Å². The quantitative estimate of drug-likeness (QED) is 0.422. The van der Waals surface area contributed by atoms with Gasteiger partial charge in [0.25, 0.3) is 5.91 Å². The Morgan fingerprint density at radius 3 is 2.70 bits per heavy atom. The minimum absolute atomic E-state index is 0.195. The third kappa shape index (κ3) is 1.45. The Bertz CT molecular complexity index is 171. The number of urea groups is 1. The molecule has 0 aromatic heterocycles. The number of hydrogen-bond acceptors (Lipinski definition) is 2. The number of hydrogen-bond donors (Lipinski definition) is 2. The average molecular weight is 160 g/mol. The van der Waals surface area contributed by atoms with Crippen molar-refractivity contribution in [2.75, 3.05) is 12.8 Å². The van der Waals surface area contributed by atoms with E-state index in [1.807, 2.05) is 6.66 Å². The minimum atomic E-state index is -0.367. The predicted octanol–water partition coefficient (Wildman–Crippen LogP) is -0.497. The Labute approximate surface area is 60.5 Å². The van der Waals surface area contributed by atoms with E-state index in [0.717, 1.165) is 6.16 Å². The van der Waals surface area contributed by atoms with Crippen molar-refractivity contribution in [1.29, 1.82) is 0 Å². The fraction of sp³-hybridized carbons (Fsp3) is 0.600. The van der Waals surface area contributed by atoms with Crippen LogP contribution in [-0.2, 0) is 4.79 Å². The maximum absolute atomic E-state index is 10.8. The lowest BCUT2D eigenvalue weighted by Gasteiger charge is -2.02. The average Bonchev–Trinajstić information content (AvgIpc) is 2.13. The normalized spacial score (nSPS) is 25.5. The molecule has 3 amide bonds. The first kappa shape index (κ1) is 7.48. The molecule has 1 saturated heterocycles. The van der Waals surface area contributed by atoms with Crippen LogP contribution in [0, 0.1) is 0 Å². The van der Waals surface area contributed by atoms with Gasteiger partial charge >= 0.3 is 6.03 Å². The Morgan fingerprint density at radius 2 is 2.30 bits per heavy atom. The number of amides is 3. The fourth-order valence-corrected chi connectivity index (χ4v) is 1.50. The molecule has 0 aromatic rings. The second-order valence-electron chi connectivity index (χ2n) is 2.07. The number of carbonyl (C=O) groups excluding carboxylic acids is 2. The van der Waals surface area contributed by atoms with E-state index in [9.17, 15) is 9.59 Å². The molecule has 0 spiro atoms. The molecule has 4 nitrogen and oxygen atoms in total. The van der Waals surface area contributed by atoms with Crippen LogP contribution in [0.4, 0.5) is 4.79 Å². The van der Waals surface area contributed by atoms with Gasteiger partial charge in [0.05, 0.1) is 0 Å². The van der Waals surface area contributed by atoms with Crippen LogP contribution in [0.2, 0.25) is 0 Å². The van der Waals surface area contributed by atoms with Crippen LogP contribution >= 0.6 is 8.58 Å². The predicted molar refractivity (Wildman–Crippen MR) is 39.6 cm³/mol. The zero-order valence-electron chi connectivity index (χ0n) is 5.60. The van der Waals surface area contributed by atoms with Crippen molar-refractivity contribution < 1.29 is 9.59 Å². The Balaban J connectivity index is 2.46. The van der Waals surface area contributed by atoms with Crippen molar-refractivity contribution in [3.8, 4) is 0 Å². The molecule has 0 radical (unpaired) electrons. The zero-order chi connectivity index (χ0) is 7.56. The molecular formula is C5H9N2O2P. The van der Waals surface area contributed by atoms with Crippen LogP contribution in [0.5, 0.6) is 0 Å². The molecule has 1 aliphatic rings. The van der Waals surface area contributed by atoms with E-state index in [2.05, 4.69) is 10.6 Å². The molecule has 1 aliphatic heterocycles. The molecule has 0 saturated carbocycles. The molecule has 2 unspecified atom stereocenters. The van der Waals surface area contributed by atoms with Gasteiger partial charge in [0, 0.05) is 0 Å². The Hall–Kier alpha value is -0.630. The van der Waals surface area contributed by atoms with Gasteiger partial charge in [-0.25, -0.2) is 4.79 Å². The second kappa shape index (κ2) is 2.97. The van der Waals surface area contributed by atoms with Crippen molar-refractivity contribution in [2.24, 2.45) is 0 Å². The summed E-state index contributed by atoms with van der Waals surface area (Å²) in [5, 5.41) is 4.68. The molecule has 1 heterocycles. The molecule has 0 aromatic carbocycles. The SMILES string of the molecule is CPCC1NC(=O)NC1=O. The maximum atomic E-state index is 10.8. The van der Waals surface area contributed by atoms with Crippen LogP contribution in [0.25, 0.3) is 0 Å². The summed E-state index contributed by atoms with van der Waals surface area (Å²) >= 11 is 0. The first-order chi connectivity index (χ1) is 4.74. The van der Waals surface area contributed by atoms with Crippen molar-refractivity contribution >= 4 is 20.5 Å². The maximum Gasteiger partial charge on any atom is 0.322 e. The third-order valence-corrected chi connectivity index (χ3v) is 2.08. The number of rotatable bonds is 2. The Kier molecular flexibility index (Phi) is 2.22. The van der Waals surface area contributed by atoms with Gasteiger partial charge in [-0.2, -0.15) is 0 Å². The highest BCUT2D eigenvalue weighted by Gasteiger charge is 2.27. The van der Waals surface area contributed by atoms with Gasteiger partial charge in [0.2, 0.25) is 0 Å². The molecule has 0 bridgehead atoms. The first-order valence-corrected chi connectivity index (χ1v) is 4.70. The first-order valence-electron chi connectivity index (χ1n) is 3.00. The summed E-state index contributed by atoms with van der Waals surface area (Å²) in [7, 11) is 0.692. The summed E-state index contributed by atoms with van der Waals surface area (Å²) in [4.78, 5) is 21.3. The second-order valence-corrected chi connectivity index (χ2v) is 3.19. The fourth-order valence-electron chi connectivity index (χ4n) is 0.807. The lowest BCUT2D eigenvalue weighted by atomic mass is 10.3. The monoisotopic (exact) mass is 160 g/mol. The summed E-state index contributed by atoms with van der Waals surface area (Å²) in [5.74, 6) is -0.195. The van der Waals surface area contributed by atoms with Crippen molar-refractivity contribution in [1.82, 2.24) is 10.6 Å². The largest absolute Gasteiger partial charge is 0.326 e. The van der Waals surface area contributed by atoms with Crippen molar-refractivity contribution in [2.45, 2.75) is 6.04 Å². The van der Waals surface area contributed by atoms with Gasteiger partial charge in [0.15, 0.2) is 0 Å². The summed E-state index contributed by atoms with van der Waals surface area (Å²) in [6.07, 6.45) is 0.748.